The summed E-state index contributed by atoms with van der Waals surface area (Å²) in [5, 5.41) is 11.3. The van der Waals surface area contributed by atoms with Gasteiger partial charge in [-0.2, -0.15) is 0 Å². The van der Waals surface area contributed by atoms with E-state index in [1.807, 2.05) is 0 Å². The highest BCUT2D eigenvalue weighted by atomic mass is 32.1. The van der Waals surface area contributed by atoms with Gasteiger partial charge in [-0.05, 0) is 49.7 Å². The first kappa shape index (κ1) is 27.6. The third-order valence-corrected chi connectivity index (χ3v) is 7.49. The lowest BCUT2D eigenvalue weighted by molar-refractivity contribution is -0.384. The van der Waals surface area contributed by atoms with E-state index in [2.05, 4.69) is 4.99 Å². The number of allylic oxidation sites excluding steroid dienone is 1. The van der Waals surface area contributed by atoms with Crippen LogP contribution in [0.15, 0.2) is 80.1 Å². The number of thiazole rings is 1. The summed E-state index contributed by atoms with van der Waals surface area (Å²) in [5.74, 6) is 1.17. The lowest BCUT2D eigenvalue weighted by atomic mass is 9.96. The van der Waals surface area contributed by atoms with E-state index in [1.165, 1.54) is 29.9 Å². The minimum atomic E-state index is -0.764. The van der Waals surface area contributed by atoms with Gasteiger partial charge in [0.05, 0.1) is 53.2 Å². The normalized spacial score (nSPS) is 14.8. The number of carbonyl (C=O) groups excluding carboxylic acids is 1. The quantitative estimate of drug-likeness (QED) is 0.175. The summed E-state index contributed by atoms with van der Waals surface area (Å²) < 4.78 is 23.7. The van der Waals surface area contributed by atoms with Crippen molar-refractivity contribution < 1.29 is 28.3 Å². The minimum Gasteiger partial charge on any atom is -0.497 e. The van der Waals surface area contributed by atoms with Gasteiger partial charge in [-0.25, -0.2) is 9.79 Å². The first-order valence-corrected chi connectivity index (χ1v) is 13.3. The van der Waals surface area contributed by atoms with Crippen LogP contribution >= 0.6 is 11.3 Å². The van der Waals surface area contributed by atoms with Crippen molar-refractivity contribution in [1.29, 1.82) is 0 Å². The molecule has 1 unspecified atom stereocenters. The van der Waals surface area contributed by atoms with Crippen LogP contribution in [0.25, 0.3) is 17.4 Å². The number of nitrogens with zero attached hydrogens (tertiary/aromatic N) is 3. The second kappa shape index (κ2) is 11.3. The van der Waals surface area contributed by atoms with Crippen LogP contribution in [0, 0.1) is 10.1 Å². The summed E-state index contributed by atoms with van der Waals surface area (Å²) in [6.45, 7) is 3.60. The Morgan fingerprint density at radius 3 is 2.56 bits per heavy atom. The highest BCUT2D eigenvalue weighted by molar-refractivity contribution is 7.07. The first-order chi connectivity index (χ1) is 19.7. The number of rotatable bonds is 8. The summed E-state index contributed by atoms with van der Waals surface area (Å²) in [6, 6.07) is 13.9. The molecule has 1 aliphatic heterocycles. The highest BCUT2D eigenvalue weighted by Gasteiger charge is 2.33. The van der Waals surface area contributed by atoms with Crippen molar-refractivity contribution in [2.75, 3.05) is 20.8 Å². The van der Waals surface area contributed by atoms with E-state index in [0.717, 1.165) is 11.3 Å². The Bertz CT molecular complexity index is 1860. The van der Waals surface area contributed by atoms with Gasteiger partial charge in [-0.15, -0.1) is 0 Å². The molecular weight excluding hydrogens is 550 g/mol. The van der Waals surface area contributed by atoms with Gasteiger partial charge in [-0.3, -0.25) is 19.5 Å². The Morgan fingerprint density at radius 2 is 1.90 bits per heavy atom. The van der Waals surface area contributed by atoms with Gasteiger partial charge in [0, 0.05) is 18.2 Å². The molecule has 41 heavy (non-hydrogen) atoms. The zero-order valence-corrected chi connectivity index (χ0v) is 23.4. The second-order valence-corrected chi connectivity index (χ2v) is 9.93. The van der Waals surface area contributed by atoms with E-state index < -0.39 is 16.9 Å². The molecule has 1 atom stereocenters. The summed E-state index contributed by atoms with van der Waals surface area (Å²) >= 11 is 1.16. The fourth-order valence-electron chi connectivity index (χ4n) is 4.60. The molecule has 0 fully saturated rings. The van der Waals surface area contributed by atoms with Crippen molar-refractivity contribution in [2.24, 2.45) is 4.99 Å². The van der Waals surface area contributed by atoms with Gasteiger partial charge >= 0.3 is 5.97 Å². The van der Waals surface area contributed by atoms with Crippen molar-refractivity contribution in [3.05, 3.63) is 107 Å². The van der Waals surface area contributed by atoms with Gasteiger partial charge in [0.25, 0.3) is 11.2 Å². The van der Waals surface area contributed by atoms with Gasteiger partial charge in [0.1, 0.15) is 23.0 Å². The number of hydrogen-bond acceptors (Lipinski definition) is 10. The van der Waals surface area contributed by atoms with Crippen LogP contribution in [0.3, 0.4) is 0 Å². The van der Waals surface area contributed by atoms with Crippen LogP contribution < -0.4 is 24.4 Å². The number of ether oxygens (including phenoxy) is 3. The van der Waals surface area contributed by atoms with E-state index in [0.29, 0.717) is 49.2 Å². The Balaban J connectivity index is 1.62. The number of aromatic nitrogens is 1. The van der Waals surface area contributed by atoms with Gasteiger partial charge in [-0.1, -0.05) is 23.5 Å². The molecule has 210 valence electrons. The molecule has 12 heteroatoms. The molecule has 0 amide bonds. The van der Waals surface area contributed by atoms with E-state index in [-0.39, 0.29) is 23.4 Å². The van der Waals surface area contributed by atoms with E-state index >= 15 is 0 Å². The molecule has 0 saturated carbocycles. The molecule has 2 aromatic carbocycles. The number of furan rings is 1. The van der Waals surface area contributed by atoms with E-state index in [4.69, 9.17) is 18.6 Å². The number of nitro groups is 1. The van der Waals surface area contributed by atoms with Gasteiger partial charge < -0.3 is 18.6 Å². The van der Waals surface area contributed by atoms with Crippen molar-refractivity contribution in [3.63, 3.8) is 0 Å². The Morgan fingerprint density at radius 1 is 1.15 bits per heavy atom. The zero-order valence-electron chi connectivity index (χ0n) is 22.6. The third-order valence-electron chi connectivity index (χ3n) is 6.51. The molecular formula is C29H25N3O8S. The second-order valence-electron chi connectivity index (χ2n) is 8.92. The molecule has 3 heterocycles. The molecule has 0 bridgehead atoms. The smallest absolute Gasteiger partial charge is 0.338 e. The third kappa shape index (κ3) is 5.16. The molecule has 4 aromatic rings. The van der Waals surface area contributed by atoms with E-state index in [1.54, 1.807) is 63.4 Å². The fraction of sp³-hybridized carbons (Fsp3) is 0.207. The number of fused-ring (bicyclic) bond motifs is 1. The first-order valence-electron chi connectivity index (χ1n) is 12.5. The molecule has 0 N–H and O–H groups in total. The lowest BCUT2D eigenvalue weighted by Gasteiger charge is -2.24. The summed E-state index contributed by atoms with van der Waals surface area (Å²) in [7, 11) is 3.02. The fourth-order valence-corrected chi connectivity index (χ4v) is 5.63. The topological polar surface area (TPSA) is 135 Å². The van der Waals surface area contributed by atoms with Gasteiger partial charge in [0.15, 0.2) is 4.80 Å². The molecule has 0 aliphatic carbocycles. The van der Waals surface area contributed by atoms with Crippen LogP contribution in [-0.4, -0.2) is 36.3 Å². The SMILES string of the molecule is CCOC(=O)C1=C(C)N=c2s/c(=C\c3ccc(-c4cc([N+](=O)[O-])ccc4OC)o3)c(=O)n2C1c1ccc(OC)cc1. The molecule has 5 rings (SSSR count). The Labute approximate surface area is 237 Å². The number of carbonyl (C=O) groups is 1. The number of non-ortho nitro benzene ring substituents is 1. The highest BCUT2D eigenvalue weighted by Crippen LogP contribution is 2.35. The Hall–Kier alpha value is -4.97. The largest absolute Gasteiger partial charge is 0.497 e. The number of hydrogen-bond donors (Lipinski definition) is 0. The molecule has 0 spiro atoms. The molecule has 2 aromatic heterocycles. The van der Waals surface area contributed by atoms with Crippen LogP contribution in [0.4, 0.5) is 5.69 Å². The predicted octanol–water partition coefficient (Wildman–Crippen LogP) is 3.98. The minimum absolute atomic E-state index is 0.113. The zero-order chi connectivity index (χ0) is 29.3. The lowest BCUT2D eigenvalue weighted by Crippen LogP contribution is -2.39. The maximum atomic E-state index is 13.8. The number of esters is 1. The molecule has 11 nitrogen and oxygen atoms in total. The average molecular weight is 576 g/mol. The van der Waals surface area contributed by atoms with Crippen molar-refractivity contribution >= 4 is 29.1 Å². The molecule has 1 aliphatic rings. The van der Waals surface area contributed by atoms with Crippen molar-refractivity contribution in [3.8, 4) is 22.8 Å². The average Bonchev–Trinajstić information content (AvgIpc) is 3.56. The summed E-state index contributed by atoms with van der Waals surface area (Å²) in [5.41, 5.74) is 1.34. The standard InChI is InChI=1S/C29H25N3O8S/c1-5-39-28(34)25-16(2)30-29-31(26(25)17-6-9-19(37-3)10-7-17)27(33)24(41-29)15-20-11-13-23(40-20)21-14-18(32(35)36)8-12-22(21)38-4/h6-15,26H,5H2,1-4H3/b24-15-. The van der Waals surface area contributed by atoms with E-state index in [9.17, 15) is 19.7 Å². The Kier molecular flexibility index (Phi) is 7.58. The van der Waals surface area contributed by atoms with Crippen molar-refractivity contribution in [1.82, 2.24) is 4.57 Å². The van der Waals surface area contributed by atoms with Crippen LogP contribution in [0.5, 0.6) is 11.5 Å². The number of benzene rings is 2. The van der Waals surface area contributed by atoms with Crippen LogP contribution in [-0.2, 0) is 9.53 Å². The number of methoxy groups -OCH3 is 2. The number of nitro benzene ring substituents is 1. The van der Waals surface area contributed by atoms with Gasteiger partial charge in [0.2, 0.25) is 0 Å². The van der Waals surface area contributed by atoms with Crippen molar-refractivity contribution in [2.45, 2.75) is 19.9 Å². The monoisotopic (exact) mass is 575 g/mol. The summed E-state index contributed by atoms with van der Waals surface area (Å²) in [6.07, 6.45) is 1.58. The molecule has 0 saturated heterocycles. The predicted molar refractivity (Wildman–Crippen MR) is 151 cm³/mol. The van der Waals surface area contributed by atoms with Crippen LogP contribution in [0.2, 0.25) is 0 Å². The summed E-state index contributed by atoms with van der Waals surface area (Å²) in [4.78, 5) is 42.6. The van der Waals surface area contributed by atoms with Crippen LogP contribution in [0.1, 0.15) is 31.2 Å². The maximum Gasteiger partial charge on any atom is 0.338 e. The maximum absolute atomic E-state index is 13.8. The molecule has 0 radical (unpaired) electrons.